The van der Waals surface area contributed by atoms with Crippen LogP contribution >= 0.6 is 12.2 Å². The van der Waals surface area contributed by atoms with Crippen molar-refractivity contribution in [1.29, 1.82) is 0 Å². The Labute approximate surface area is 169 Å². The second-order valence-corrected chi connectivity index (χ2v) is 7.79. The van der Waals surface area contributed by atoms with E-state index < -0.39 is 11.7 Å². The fraction of sp³-hybridized carbons (Fsp3) is 0.474. The number of benzene rings is 1. The molecule has 0 bridgehead atoms. The van der Waals surface area contributed by atoms with E-state index in [9.17, 15) is 9.59 Å². The molecule has 2 rings (SSSR count). The number of hydrogen-bond acceptors (Lipinski definition) is 5. The van der Waals surface area contributed by atoms with Crippen LogP contribution in [0.5, 0.6) is 0 Å². The lowest BCUT2D eigenvalue weighted by atomic mass is 10.1. The predicted molar refractivity (Wildman–Crippen MR) is 109 cm³/mol. The fourth-order valence-electron chi connectivity index (χ4n) is 2.51. The topological polar surface area (TPSA) is 101 Å². The van der Waals surface area contributed by atoms with Crippen molar-refractivity contribution in [1.82, 2.24) is 25.4 Å². The molecule has 2 aromatic rings. The normalized spacial score (nSPS) is 11.1. The zero-order valence-corrected chi connectivity index (χ0v) is 17.5. The van der Waals surface area contributed by atoms with Crippen molar-refractivity contribution in [2.45, 2.75) is 46.3 Å². The van der Waals surface area contributed by atoms with Crippen LogP contribution in [0.15, 0.2) is 24.3 Å². The number of aryl methyl sites for hydroxylation is 1. The molecular formula is C19H27N5O3S. The molecule has 0 radical (unpaired) electrons. The van der Waals surface area contributed by atoms with E-state index in [1.54, 1.807) is 20.8 Å². The first-order valence-corrected chi connectivity index (χ1v) is 9.52. The Balaban J connectivity index is 1.82. The van der Waals surface area contributed by atoms with Gasteiger partial charge >= 0.3 is 6.09 Å². The van der Waals surface area contributed by atoms with Crippen LogP contribution in [0.2, 0.25) is 0 Å². The number of aromatic amines is 1. The minimum absolute atomic E-state index is 0.135. The van der Waals surface area contributed by atoms with Crippen LogP contribution < -0.4 is 10.6 Å². The number of nitrogens with zero attached hydrogens (tertiary/aromatic N) is 2. The smallest absolute Gasteiger partial charge is 0.407 e. The quantitative estimate of drug-likeness (QED) is 0.486. The Morgan fingerprint density at radius 2 is 1.96 bits per heavy atom. The van der Waals surface area contributed by atoms with Gasteiger partial charge in [-0.15, -0.1) is 0 Å². The maximum atomic E-state index is 12.1. The number of rotatable bonds is 7. The van der Waals surface area contributed by atoms with E-state index in [2.05, 4.69) is 20.8 Å². The molecule has 9 heteroatoms. The highest BCUT2D eigenvalue weighted by atomic mass is 32.1. The largest absolute Gasteiger partial charge is 0.444 e. The Hall–Kier alpha value is -2.68. The van der Waals surface area contributed by atoms with Gasteiger partial charge in [0, 0.05) is 31.6 Å². The molecule has 152 valence electrons. The van der Waals surface area contributed by atoms with E-state index >= 15 is 0 Å². The van der Waals surface area contributed by atoms with Gasteiger partial charge in [0.25, 0.3) is 0 Å². The number of alkyl carbamates (subject to hydrolysis) is 1. The molecule has 0 spiro atoms. The van der Waals surface area contributed by atoms with Crippen molar-refractivity contribution in [3.05, 3.63) is 34.6 Å². The highest BCUT2D eigenvalue weighted by Gasteiger charge is 2.15. The summed E-state index contributed by atoms with van der Waals surface area (Å²) in [7, 11) is 0. The van der Waals surface area contributed by atoms with Gasteiger partial charge in [-0.2, -0.15) is 5.10 Å². The van der Waals surface area contributed by atoms with Crippen LogP contribution in [0.3, 0.4) is 0 Å². The molecule has 0 atom stereocenters. The summed E-state index contributed by atoms with van der Waals surface area (Å²) >= 11 is 5.29. The van der Waals surface area contributed by atoms with Crippen LogP contribution in [0.25, 0.3) is 11.4 Å². The second-order valence-electron chi connectivity index (χ2n) is 7.40. The highest BCUT2D eigenvalue weighted by Crippen LogP contribution is 2.18. The maximum Gasteiger partial charge on any atom is 0.407 e. The van der Waals surface area contributed by atoms with Gasteiger partial charge in [0.05, 0.1) is 0 Å². The summed E-state index contributed by atoms with van der Waals surface area (Å²) in [6.45, 7) is 8.40. The summed E-state index contributed by atoms with van der Waals surface area (Å²) < 4.78 is 7.41. The summed E-state index contributed by atoms with van der Waals surface area (Å²) in [5.41, 5.74) is 1.51. The molecule has 1 aromatic heterocycles. The molecule has 3 N–H and O–H groups in total. The minimum atomic E-state index is -0.550. The average Bonchev–Trinajstić information content (AvgIpc) is 2.96. The van der Waals surface area contributed by atoms with Crippen LogP contribution in [0.1, 0.15) is 32.8 Å². The van der Waals surface area contributed by atoms with Crippen molar-refractivity contribution < 1.29 is 14.3 Å². The van der Waals surface area contributed by atoms with Gasteiger partial charge < -0.3 is 15.4 Å². The Bertz CT molecular complexity index is 882. The van der Waals surface area contributed by atoms with E-state index in [0.717, 1.165) is 11.1 Å². The molecule has 0 saturated carbocycles. The van der Waals surface area contributed by atoms with Crippen LogP contribution in [-0.2, 0) is 16.1 Å². The van der Waals surface area contributed by atoms with Crippen LogP contribution in [-0.4, -0.2) is 45.5 Å². The third kappa shape index (κ3) is 6.80. The number of carbonyl (C=O) groups excluding carboxylic acids is 2. The molecule has 0 aliphatic heterocycles. The number of ether oxygens (including phenoxy) is 1. The van der Waals surface area contributed by atoms with Gasteiger partial charge in [0.1, 0.15) is 5.60 Å². The molecule has 0 unspecified atom stereocenters. The van der Waals surface area contributed by atoms with Crippen molar-refractivity contribution in [3.63, 3.8) is 0 Å². The number of H-pyrrole nitrogens is 1. The predicted octanol–water partition coefficient (Wildman–Crippen LogP) is 2.95. The van der Waals surface area contributed by atoms with E-state index in [1.807, 2.05) is 35.8 Å². The van der Waals surface area contributed by atoms with Crippen molar-refractivity contribution in [2.75, 3.05) is 13.1 Å². The second kappa shape index (κ2) is 9.50. The first-order valence-electron chi connectivity index (χ1n) is 9.11. The molecule has 1 aromatic carbocycles. The minimum Gasteiger partial charge on any atom is -0.444 e. The van der Waals surface area contributed by atoms with Crippen LogP contribution in [0, 0.1) is 11.7 Å². The zero-order chi connectivity index (χ0) is 20.7. The maximum absolute atomic E-state index is 12.1. The molecule has 0 saturated heterocycles. The lowest BCUT2D eigenvalue weighted by Gasteiger charge is -2.19. The summed E-state index contributed by atoms with van der Waals surface area (Å²) in [5, 5.41) is 12.4. The SMILES string of the molecule is Cc1cccc(-c2n[nH]c(=S)n2CCC(=O)NCCNC(=O)OC(C)(C)C)c1. The van der Waals surface area contributed by atoms with Gasteiger partial charge in [-0.05, 0) is 46.0 Å². The Morgan fingerprint density at radius 1 is 1.25 bits per heavy atom. The third-order valence-corrected chi connectivity index (χ3v) is 4.02. The fourth-order valence-corrected chi connectivity index (χ4v) is 2.74. The molecular weight excluding hydrogens is 378 g/mol. The number of nitrogens with one attached hydrogen (secondary N) is 3. The third-order valence-electron chi connectivity index (χ3n) is 3.71. The average molecular weight is 406 g/mol. The molecule has 8 nitrogen and oxygen atoms in total. The number of amides is 2. The summed E-state index contributed by atoms with van der Waals surface area (Å²) in [5.74, 6) is 0.567. The lowest BCUT2D eigenvalue weighted by Crippen LogP contribution is -2.38. The van der Waals surface area contributed by atoms with E-state index in [1.165, 1.54) is 0 Å². The molecule has 0 aliphatic carbocycles. The Kier molecular flexibility index (Phi) is 7.33. The van der Waals surface area contributed by atoms with Gasteiger partial charge in [0.2, 0.25) is 5.91 Å². The summed E-state index contributed by atoms with van der Waals surface area (Å²) in [6, 6.07) is 7.94. The highest BCUT2D eigenvalue weighted by molar-refractivity contribution is 7.71. The van der Waals surface area contributed by atoms with Gasteiger partial charge in [-0.3, -0.25) is 14.5 Å². The van der Waals surface area contributed by atoms with Gasteiger partial charge in [-0.1, -0.05) is 23.8 Å². The van der Waals surface area contributed by atoms with E-state index in [4.69, 9.17) is 17.0 Å². The molecule has 2 amide bonds. The zero-order valence-electron chi connectivity index (χ0n) is 16.7. The first kappa shape index (κ1) is 21.6. The van der Waals surface area contributed by atoms with E-state index in [0.29, 0.717) is 30.2 Å². The monoisotopic (exact) mass is 405 g/mol. The standard InChI is InChI=1S/C19H27N5O3S/c1-13-6-5-7-14(12-13)16-22-23-17(28)24(16)11-8-15(25)20-9-10-21-18(26)27-19(2,3)4/h5-7,12H,8-11H2,1-4H3,(H,20,25)(H,21,26)(H,23,28). The number of aromatic nitrogens is 3. The van der Waals surface area contributed by atoms with E-state index in [-0.39, 0.29) is 12.3 Å². The number of hydrogen-bond donors (Lipinski definition) is 3. The van der Waals surface area contributed by atoms with Crippen LogP contribution in [0.4, 0.5) is 4.79 Å². The summed E-state index contributed by atoms with van der Waals surface area (Å²) in [4.78, 5) is 23.6. The molecule has 1 heterocycles. The summed E-state index contributed by atoms with van der Waals surface area (Å²) in [6.07, 6.45) is -0.256. The molecule has 0 fully saturated rings. The van der Waals surface area contributed by atoms with Gasteiger partial charge in [0.15, 0.2) is 10.6 Å². The van der Waals surface area contributed by atoms with Crippen molar-refractivity contribution in [3.8, 4) is 11.4 Å². The lowest BCUT2D eigenvalue weighted by molar-refractivity contribution is -0.121. The van der Waals surface area contributed by atoms with Crippen molar-refractivity contribution >= 4 is 24.2 Å². The first-order chi connectivity index (χ1) is 13.2. The molecule has 0 aliphatic rings. The number of carbonyl (C=O) groups is 2. The van der Waals surface area contributed by atoms with Gasteiger partial charge in [-0.25, -0.2) is 4.79 Å². The van der Waals surface area contributed by atoms with Crippen molar-refractivity contribution in [2.24, 2.45) is 0 Å². The molecule has 28 heavy (non-hydrogen) atoms. The Morgan fingerprint density at radius 3 is 2.64 bits per heavy atom.